The van der Waals surface area contributed by atoms with Gasteiger partial charge in [0.05, 0.1) is 5.69 Å². The molecule has 1 saturated carbocycles. The number of nitrogens with one attached hydrogen (secondary N) is 1. The molecule has 1 aliphatic heterocycles. The fourth-order valence-electron chi connectivity index (χ4n) is 3.18. The molecule has 0 atom stereocenters. The first-order chi connectivity index (χ1) is 8.43. The highest BCUT2D eigenvalue weighted by Crippen LogP contribution is 2.33. The third kappa shape index (κ3) is 2.54. The van der Waals surface area contributed by atoms with Gasteiger partial charge in [-0.3, -0.25) is 5.10 Å². The van der Waals surface area contributed by atoms with Crippen LogP contribution in [0.5, 0.6) is 0 Å². The first-order valence-corrected chi connectivity index (χ1v) is 7.06. The maximum Gasteiger partial charge on any atom is 0.0655 e. The van der Waals surface area contributed by atoms with Crippen LogP contribution in [0.25, 0.3) is 0 Å². The molecule has 1 aromatic heterocycles. The Labute approximate surface area is 103 Å². The van der Waals surface area contributed by atoms with E-state index in [1.54, 1.807) is 0 Å². The molecular formula is C14H22N2O. The van der Waals surface area contributed by atoms with Gasteiger partial charge in [0.15, 0.2) is 0 Å². The summed E-state index contributed by atoms with van der Waals surface area (Å²) in [6.45, 7) is 1.81. The number of hydrogen-bond acceptors (Lipinski definition) is 2. The van der Waals surface area contributed by atoms with Crippen molar-refractivity contribution in [3.63, 3.8) is 0 Å². The summed E-state index contributed by atoms with van der Waals surface area (Å²) >= 11 is 0. The summed E-state index contributed by atoms with van der Waals surface area (Å²) in [7, 11) is 0. The number of ether oxygens (including phenoxy) is 1. The van der Waals surface area contributed by atoms with Crippen LogP contribution < -0.4 is 0 Å². The first kappa shape index (κ1) is 11.3. The lowest BCUT2D eigenvalue weighted by Gasteiger charge is -2.21. The maximum atomic E-state index is 5.41. The van der Waals surface area contributed by atoms with Crippen LogP contribution in [0, 0.1) is 0 Å². The molecule has 1 saturated heterocycles. The third-order valence-corrected chi connectivity index (χ3v) is 4.30. The predicted molar refractivity (Wildman–Crippen MR) is 67.2 cm³/mol. The standard InChI is InChI=1S/C14H22N2O/c1-2-4-11(5-3-1)13-10-14(16-15-13)12-6-8-17-9-7-12/h10-12H,1-9H2,(H,15,16). The Hall–Kier alpha value is -0.830. The Morgan fingerprint density at radius 3 is 2.53 bits per heavy atom. The van der Waals surface area contributed by atoms with E-state index in [1.165, 1.54) is 43.5 Å². The van der Waals surface area contributed by atoms with Crippen molar-refractivity contribution >= 4 is 0 Å². The van der Waals surface area contributed by atoms with E-state index in [0.717, 1.165) is 26.1 Å². The van der Waals surface area contributed by atoms with Crippen molar-refractivity contribution in [1.82, 2.24) is 10.2 Å². The van der Waals surface area contributed by atoms with Gasteiger partial charge in [-0.1, -0.05) is 19.3 Å². The van der Waals surface area contributed by atoms with E-state index in [2.05, 4.69) is 16.3 Å². The summed E-state index contributed by atoms with van der Waals surface area (Å²) in [6.07, 6.45) is 9.12. The van der Waals surface area contributed by atoms with Crippen molar-refractivity contribution in [2.75, 3.05) is 13.2 Å². The Morgan fingerprint density at radius 2 is 1.76 bits per heavy atom. The molecule has 94 valence electrons. The molecule has 1 aromatic rings. The number of aromatic nitrogens is 2. The van der Waals surface area contributed by atoms with Gasteiger partial charge in [0.1, 0.15) is 0 Å². The van der Waals surface area contributed by atoms with Gasteiger partial charge in [0.25, 0.3) is 0 Å². The van der Waals surface area contributed by atoms with Crippen LogP contribution in [0.3, 0.4) is 0 Å². The monoisotopic (exact) mass is 234 g/mol. The number of nitrogens with zero attached hydrogens (tertiary/aromatic N) is 1. The van der Waals surface area contributed by atoms with Gasteiger partial charge in [-0.05, 0) is 31.7 Å². The lowest BCUT2D eigenvalue weighted by Crippen LogP contribution is -2.14. The SMILES string of the molecule is c1c(C2CCCCC2)n[nH]c1C1CCOCC1. The molecule has 2 heterocycles. The predicted octanol–water partition coefficient (Wildman–Crippen LogP) is 3.35. The van der Waals surface area contributed by atoms with Crippen LogP contribution in [0.2, 0.25) is 0 Å². The van der Waals surface area contributed by atoms with Crippen LogP contribution in [0.15, 0.2) is 6.07 Å². The summed E-state index contributed by atoms with van der Waals surface area (Å²) in [5, 5.41) is 7.82. The molecule has 0 unspecified atom stereocenters. The van der Waals surface area contributed by atoms with E-state index in [4.69, 9.17) is 4.74 Å². The lowest BCUT2D eigenvalue weighted by atomic mass is 9.86. The van der Waals surface area contributed by atoms with Crippen molar-refractivity contribution in [2.45, 2.75) is 56.8 Å². The maximum absolute atomic E-state index is 5.41. The van der Waals surface area contributed by atoms with E-state index in [1.807, 2.05) is 0 Å². The molecule has 1 N–H and O–H groups in total. The number of aromatic amines is 1. The summed E-state index contributed by atoms with van der Waals surface area (Å²) in [4.78, 5) is 0. The van der Waals surface area contributed by atoms with E-state index in [-0.39, 0.29) is 0 Å². The molecule has 0 spiro atoms. The van der Waals surface area contributed by atoms with E-state index in [9.17, 15) is 0 Å². The van der Waals surface area contributed by atoms with Crippen molar-refractivity contribution in [3.05, 3.63) is 17.5 Å². The smallest absolute Gasteiger partial charge is 0.0655 e. The van der Waals surface area contributed by atoms with E-state index < -0.39 is 0 Å². The van der Waals surface area contributed by atoms with Crippen LogP contribution >= 0.6 is 0 Å². The van der Waals surface area contributed by atoms with Crippen LogP contribution in [0.1, 0.15) is 68.2 Å². The molecule has 3 rings (SSSR count). The zero-order chi connectivity index (χ0) is 11.5. The molecule has 0 aromatic carbocycles. The molecule has 3 heteroatoms. The highest BCUT2D eigenvalue weighted by atomic mass is 16.5. The van der Waals surface area contributed by atoms with Crippen LogP contribution in [0.4, 0.5) is 0 Å². The van der Waals surface area contributed by atoms with Crippen molar-refractivity contribution in [2.24, 2.45) is 0 Å². The fourth-order valence-corrected chi connectivity index (χ4v) is 3.18. The Balaban J connectivity index is 1.68. The van der Waals surface area contributed by atoms with Gasteiger partial charge in [-0.25, -0.2) is 0 Å². The molecule has 17 heavy (non-hydrogen) atoms. The topological polar surface area (TPSA) is 37.9 Å². The second-order valence-electron chi connectivity index (χ2n) is 5.47. The molecule has 0 amide bonds. The highest BCUT2D eigenvalue weighted by molar-refractivity contribution is 5.17. The summed E-state index contributed by atoms with van der Waals surface area (Å²) < 4.78 is 5.41. The zero-order valence-corrected chi connectivity index (χ0v) is 10.5. The summed E-state index contributed by atoms with van der Waals surface area (Å²) in [6, 6.07) is 2.33. The van der Waals surface area contributed by atoms with Gasteiger partial charge in [0, 0.05) is 30.7 Å². The molecule has 0 bridgehead atoms. The number of H-pyrrole nitrogens is 1. The van der Waals surface area contributed by atoms with Gasteiger partial charge < -0.3 is 4.74 Å². The van der Waals surface area contributed by atoms with Gasteiger partial charge in [-0.2, -0.15) is 5.10 Å². The van der Waals surface area contributed by atoms with E-state index >= 15 is 0 Å². The molecule has 2 aliphatic rings. The Bertz CT molecular complexity index is 316. The van der Waals surface area contributed by atoms with Crippen molar-refractivity contribution < 1.29 is 4.74 Å². The highest BCUT2D eigenvalue weighted by Gasteiger charge is 2.22. The average molecular weight is 234 g/mol. The lowest BCUT2D eigenvalue weighted by molar-refractivity contribution is 0.0845. The Kier molecular flexibility index (Phi) is 3.46. The summed E-state index contributed by atoms with van der Waals surface area (Å²) in [5.41, 5.74) is 2.65. The summed E-state index contributed by atoms with van der Waals surface area (Å²) in [5.74, 6) is 1.36. The third-order valence-electron chi connectivity index (χ3n) is 4.30. The van der Waals surface area contributed by atoms with Gasteiger partial charge in [0.2, 0.25) is 0 Å². The van der Waals surface area contributed by atoms with Crippen molar-refractivity contribution in [3.8, 4) is 0 Å². The molecule has 1 aliphatic carbocycles. The first-order valence-electron chi connectivity index (χ1n) is 7.06. The quantitative estimate of drug-likeness (QED) is 0.852. The van der Waals surface area contributed by atoms with Crippen LogP contribution in [-0.4, -0.2) is 23.4 Å². The zero-order valence-electron chi connectivity index (χ0n) is 10.5. The normalized spacial score (nSPS) is 24.0. The molecular weight excluding hydrogens is 212 g/mol. The largest absolute Gasteiger partial charge is 0.381 e. The number of rotatable bonds is 2. The van der Waals surface area contributed by atoms with Crippen molar-refractivity contribution in [1.29, 1.82) is 0 Å². The van der Waals surface area contributed by atoms with E-state index in [0.29, 0.717) is 11.8 Å². The minimum Gasteiger partial charge on any atom is -0.381 e. The number of hydrogen-bond donors (Lipinski definition) is 1. The van der Waals surface area contributed by atoms with Crippen LogP contribution in [-0.2, 0) is 4.74 Å². The second kappa shape index (κ2) is 5.21. The van der Waals surface area contributed by atoms with Gasteiger partial charge in [-0.15, -0.1) is 0 Å². The Morgan fingerprint density at radius 1 is 1.00 bits per heavy atom. The fraction of sp³-hybridized carbons (Fsp3) is 0.786. The molecule has 2 fully saturated rings. The molecule has 3 nitrogen and oxygen atoms in total. The average Bonchev–Trinajstić information content (AvgIpc) is 2.90. The van der Waals surface area contributed by atoms with Gasteiger partial charge >= 0.3 is 0 Å². The second-order valence-corrected chi connectivity index (χ2v) is 5.47. The minimum atomic E-state index is 0.647. The minimum absolute atomic E-state index is 0.647. The molecule has 0 radical (unpaired) electrons.